The van der Waals surface area contributed by atoms with Crippen molar-refractivity contribution >= 4 is 28.8 Å². The summed E-state index contributed by atoms with van der Waals surface area (Å²) in [6, 6.07) is 21.2. The average molecular weight is 852 g/mol. The van der Waals surface area contributed by atoms with Gasteiger partial charge in [-0.3, -0.25) is 19.4 Å². The summed E-state index contributed by atoms with van der Waals surface area (Å²) in [5, 5.41) is 0. The van der Waals surface area contributed by atoms with Crippen LogP contribution in [-0.2, 0) is 25.5 Å². The predicted octanol–water partition coefficient (Wildman–Crippen LogP) is 13.7. The molecule has 0 unspecified atom stereocenters. The number of fused-ring (bicyclic) bond motifs is 7. The second-order valence-electron chi connectivity index (χ2n) is 24.8. The third-order valence-corrected chi connectivity index (χ3v) is 20.5. The molecule has 7 aliphatic rings. The van der Waals surface area contributed by atoms with Crippen molar-refractivity contribution in [3.63, 3.8) is 0 Å². The van der Waals surface area contributed by atoms with Crippen molar-refractivity contribution in [2.24, 2.45) is 78.4 Å². The van der Waals surface area contributed by atoms with Crippen molar-refractivity contribution in [3.05, 3.63) is 89.1 Å². The highest BCUT2D eigenvalue weighted by Crippen LogP contribution is 2.77. The van der Waals surface area contributed by atoms with E-state index >= 15 is 4.79 Å². The third-order valence-electron chi connectivity index (χ3n) is 20.5. The maximum Gasteiger partial charge on any atom is 0.309 e. The molecule has 1 heterocycles. The minimum absolute atomic E-state index is 0.0209. The number of hydrogen-bond donors (Lipinski definition) is 0. The zero-order valence-corrected chi connectivity index (χ0v) is 40.7. The molecule has 0 amide bonds. The largest absolute Gasteiger partial charge is 0.462 e. The third kappa shape index (κ3) is 6.71. The molecule has 0 radical (unpaired) electrons. The lowest BCUT2D eigenvalue weighted by molar-refractivity contribution is -0.236. The number of esters is 1. The normalized spacial score (nSPS) is 37.8. The molecule has 6 aliphatic carbocycles. The van der Waals surface area contributed by atoms with Gasteiger partial charge in [-0.05, 0) is 143 Å². The number of allylic oxidation sites excluding steroid dienone is 3. The van der Waals surface area contributed by atoms with Crippen LogP contribution in [0.2, 0.25) is 0 Å². The van der Waals surface area contributed by atoms with Crippen LogP contribution < -0.4 is 0 Å². The molecular weight excluding hydrogens is 775 g/mol. The van der Waals surface area contributed by atoms with Gasteiger partial charge in [0.1, 0.15) is 11.9 Å². The number of benzene rings is 2. The van der Waals surface area contributed by atoms with E-state index in [1.54, 1.807) is 0 Å². The van der Waals surface area contributed by atoms with Crippen LogP contribution in [0.1, 0.15) is 164 Å². The summed E-state index contributed by atoms with van der Waals surface area (Å²) in [7, 11) is 0. The highest BCUT2D eigenvalue weighted by atomic mass is 16.5. The maximum atomic E-state index is 15.3. The number of carbonyl (C=O) groups excluding carboxylic acids is 3. The molecule has 5 nitrogen and oxygen atoms in total. The van der Waals surface area contributed by atoms with E-state index in [0.717, 1.165) is 81.9 Å². The number of aliphatic imine (C=N–C) groups is 1. The van der Waals surface area contributed by atoms with Crippen LogP contribution >= 0.6 is 0 Å². The van der Waals surface area contributed by atoms with Gasteiger partial charge < -0.3 is 4.74 Å². The number of rotatable bonds is 10. The zero-order valence-electron chi connectivity index (χ0n) is 40.7. The van der Waals surface area contributed by atoms with E-state index in [0.29, 0.717) is 30.6 Å². The van der Waals surface area contributed by atoms with Gasteiger partial charge in [-0.2, -0.15) is 0 Å². The van der Waals surface area contributed by atoms with Gasteiger partial charge >= 0.3 is 5.97 Å². The number of Topliss-reactive ketones (excluding diaryl/α,β-unsaturated/α-hetero) is 2. The summed E-state index contributed by atoms with van der Waals surface area (Å²) in [5.74, 6) is 2.23. The molecule has 9 rings (SSSR count). The quantitative estimate of drug-likeness (QED) is 0.223. The summed E-state index contributed by atoms with van der Waals surface area (Å²) >= 11 is 0. The fourth-order valence-corrected chi connectivity index (χ4v) is 16.4. The van der Waals surface area contributed by atoms with E-state index < -0.39 is 10.8 Å². The molecule has 0 saturated heterocycles. The van der Waals surface area contributed by atoms with Crippen molar-refractivity contribution in [1.82, 2.24) is 0 Å². The van der Waals surface area contributed by atoms with Crippen LogP contribution in [0.25, 0.3) is 5.57 Å². The molecule has 5 fully saturated rings. The monoisotopic (exact) mass is 852 g/mol. The van der Waals surface area contributed by atoms with Gasteiger partial charge in [-0.25, -0.2) is 0 Å². The van der Waals surface area contributed by atoms with Crippen molar-refractivity contribution in [2.75, 3.05) is 0 Å². The van der Waals surface area contributed by atoms with Crippen molar-refractivity contribution < 1.29 is 19.1 Å². The van der Waals surface area contributed by atoms with Crippen LogP contribution in [0.4, 0.5) is 0 Å². The minimum Gasteiger partial charge on any atom is -0.462 e. The molecule has 1 aliphatic heterocycles. The number of ketones is 2. The topological polar surface area (TPSA) is 72.8 Å². The fraction of sp³-hybridized carbons (Fsp3) is 0.655. The SMILES string of the molecule is CC(C)C1=C2[C@H]3CC[C@@H]4[C@@]5(C)CC[C@H](OC(=O)[C@H]6C[C@@H](Cc7ccccc7)C6(C)C)C(C)(C)[C@@H]5CC[C@@]4(C)[C@]3(C)CC[C@@]2(C(=O)CC(C)(C)C2=NC=C(c3ccccc3)C2)CC1=O. The number of carbonyl (C=O) groups is 3. The molecule has 0 N–H and O–H groups in total. The molecule has 10 atom stereocenters. The Kier molecular flexibility index (Phi) is 10.8. The van der Waals surface area contributed by atoms with Crippen LogP contribution in [0.3, 0.4) is 0 Å². The van der Waals surface area contributed by atoms with E-state index in [9.17, 15) is 9.59 Å². The van der Waals surface area contributed by atoms with Gasteiger partial charge in [-0.15, -0.1) is 0 Å². The molecular formula is C58H77NO4. The van der Waals surface area contributed by atoms with E-state index in [1.165, 1.54) is 22.3 Å². The van der Waals surface area contributed by atoms with Crippen LogP contribution in [0.5, 0.6) is 0 Å². The lowest BCUT2D eigenvalue weighted by Crippen LogP contribution is -2.66. The molecule has 2 aromatic carbocycles. The van der Waals surface area contributed by atoms with Gasteiger partial charge in [0.05, 0.1) is 11.3 Å². The molecule has 0 aromatic heterocycles. The molecule has 63 heavy (non-hydrogen) atoms. The Hall–Kier alpha value is -3.60. The first-order chi connectivity index (χ1) is 29.6. The Bertz CT molecular complexity index is 2260. The Morgan fingerprint density at radius 1 is 0.794 bits per heavy atom. The highest BCUT2D eigenvalue weighted by molar-refractivity contribution is 6.09. The fourth-order valence-electron chi connectivity index (χ4n) is 16.4. The maximum absolute atomic E-state index is 15.3. The van der Waals surface area contributed by atoms with Crippen molar-refractivity contribution in [1.29, 1.82) is 0 Å². The molecule has 5 saturated carbocycles. The Labute approximate surface area is 379 Å². The number of ether oxygens (including phenoxy) is 1. The summed E-state index contributed by atoms with van der Waals surface area (Å²) < 4.78 is 6.70. The standard InChI is InChI=1S/C58H77NO4/c1-36(2)49-43(60)33-58(47(61)34-52(3,4)46-31-39(35-59-46)38-20-16-13-17-21-38)29-28-56(10)41(50(49)58)22-23-45-55(9)26-25-48(54(7,8)44(55)24-27-57(45,56)11)63-51(62)42-32-40(53(42,5)6)30-37-18-14-12-15-19-37/h12-21,35-36,40-42,44-45,48H,22-34H2,1-11H3/t40-,41-,42-,44+,45-,48+,55+,56-,57-,58+/m1/s1. The average Bonchev–Trinajstić information content (AvgIpc) is 3.86. The van der Waals surface area contributed by atoms with Crippen LogP contribution in [0, 0.1) is 73.4 Å². The first kappa shape index (κ1) is 44.6. The van der Waals surface area contributed by atoms with Gasteiger partial charge in [0.2, 0.25) is 0 Å². The first-order valence-corrected chi connectivity index (χ1v) is 25.0. The van der Waals surface area contributed by atoms with E-state index in [-0.39, 0.29) is 68.5 Å². The summed E-state index contributed by atoms with van der Waals surface area (Å²) in [6.07, 6.45) is 13.5. The zero-order chi connectivity index (χ0) is 45.1. The highest BCUT2D eigenvalue weighted by Gasteiger charge is 2.71. The van der Waals surface area contributed by atoms with Gasteiger partial charge in [0.25, 0.3) is 0 Å². The second-order valence-corrected chi connectivity index (χ2v) is 24.8. The lowest BCUT2D eigenvalue weighted by atomic mass is 9.33. The molecule has 2 aromatic rings. The van der Waals surface area contributed by atoms with Gasteiger partial charge in [0, 0.05) is 42.0 Å². The number of hydrogen-bond acceptors (Lipinski definition) is 5. The number of nitrogens with zero attached hydrogens (tertiary/aromatic N) is 1. The Morgan fingerprint density at radius 3 is 2.14 bits per heavy atom. The van der Waals surface area contributed by atoms with Crippen LogP contribution in [-0.4, -0.2) is 29.4 Å². The molecule has 0 bridgehead atoms. The second kappa shape index (κ2) is 15.2. The molecule has 5 heteroatoms. The summed E-state index contributed by atoms with van der Waals surface area (Å²) in [4.78, 5) is 48.7. The Morgan fingerprint density at radius 2 is 1.48 bits per heavy atom. The first-order valence-electron chi connectivity index (χ1n) is 25.0. The van der Waals surface area contributed by atoms with Crippen molar-refractivity contribution in [2.45, 2.75) is 166 Å². The van der Waals surface area contributed by atoms with Gasteiger partial charge in [-0.1, -0.05) is 137 Å². The van der Waals surface area contributed by atoms with E-state index in [4.69, 9.17) is 9.73 Å². The predicted molar refractivity (Wildman–Crippen MR) is 255 cm³/mol. The summed E-state index contributed by atoms with van der Waals surface area (Å²) in [6.45, 7) is 25.9. The van der Waals surface area contributed by atoms with E-state index in [2.05, 4.69) is 131 Å². The van der Waals surface area contributed by atoms with Gasteiger partial charge in [0.15, 0.2) is 5.78 Å². The van der Waals surface area contributed by atoms with Crippen LogP contribution in [0.15, 0.2) is 83.0 Å². The van der Waals surface area contributed by atoms with E-state index in [1.807, 2.05) is 12.3 Å². The van der Waals surface area contributed by atoms with Crippen molar-refractivity contribution in [3.8, 4) is 0 Å². The Balaban J connectivity index is 0.932. The summed E-state index contributed by atoms with van der Waals surface area (Å²) in [5.41, 5.74) is 5.86. The molecule has 338 valence electrons. The smallest absolute Gasteiger partial charge is 0.309 e. The minimum atomic E-state index is -0.711. The lowest BCUT2D eigenvalue weighted by Gasteiger charge is -2.72. The molecule has 0 spiro atoms.